The molecular formula is C12H15N5. The molecule has 0 saturated carbocycles. The van der Waals surface area contributed by atoms with E-state index < -0.39 is 0 Å². The van der Waals surface area contributed by atoms with Crippen molar-refractivity contribution in [2.45, 2.75) is 19.9 Å². The molecule has 17 heavy (non-hydrogen) atoms. The van der Waals surface area contributed by atoms with Crippen LogP contribution in [-0.4, -0.2) is 15.0 Å². The molecule has 0 aliphatic carbocycles. The van der Waals surface area contributed by atoms with Gasteiger partial charge in [-0.15, -0.1) is 0 Å². The van der Waals surface area contributed by atoms with Crippen LogP contribution in [0.2, 0.25) is 0 Å². The summed E-state index contributed by atoms with van der Waals surface area (Å²) in [6.45, 7) is 2.70. The first-order valence-corrected chi connectivity index (χ1v) is 5.54. The van der Waals surface area contributed by atoms with E-state index in [2.05, 4.69) is 20.3 Å². The van der Waals surface area contributed by atoms with Crippen LogP contribution in [0.1, 0.15) is 18.3 Å². The fraction of sp³-hybridized carbons (Fsp3) is 0.250. The highest BCUT2D eigenvalue weighted by Gasteiger charge is 2.00. The smallest absolute Gasteiger partial charge is 0.132 e. The van der Waals surface area contributed by atoms with Crippen molar-refractivity contribution in [3.05, 3.63) is 42.0 Å². The summed E-state index contributed by atoms with van der Waals surface area (Å²) in [7, 11) is 0. The van der Waals surface area contributed by atoms with E-state index in [1.807, 2.05) is 19.1 Å². The van der Waals surface area contributed by atoms with Crippen molar-refractivity contribution >= 4 is 11.6 Å². The van der Waals surface area contributed by atoms with Crippen LogP contribution in [0.25, 0.3) is 0 Å². The summed E-state index contributed by atoms with van der Waals surface area (Å²) in [6.07, 6.45) is 4.31. The molecule has 0 aliphatic heterocycles. The Kier molecular flexibility index (Phi) is 3.49. The van der Waals surface area contributed by atoms with E-state index in [9.17, 15) is 0 Å². The maximum absolute atomic E-state index is 5.70. The molecule has 2 rings (SSSR count). The Morgan fingerprint density at radius 3 is 2.71 bits per heavy atom. The number of rotatable bonds is 4. The molecule has 0 atom stereocenters. The van der Waals surface area contributed by atoms with E-state index in [1.54, 1.807) is 18.5 Å². The number of hydrogen-bond acceptors (Lipinski definition) is 5. The number of nitrogen functional groups attached to an aromatic ring is 1. The highest BCUT2D eigenvalue weighted by atomic mass is 15.0. The summed E-state index contributed by atoms with van der Waals surface area (Å²) >= 11 is 0. The summed E-state index contributed by atoms with van der Waals surface area (Å²) in [5.41, 5.74) is 6.85. The fourth-order valence-corrected chi connectivity index (χ4v) is 1.46. The zero-order valence-corrected chi connectivity index (χ0v) is 9.72. The predicted molar refractivity (Wildman–Crippen MR) is 67.4 cm³/mol. The van der Waals surface area contributed by atoms with E-state index in [0.29, 0.717) is 12.4 Å². The van der Waals surface area contributed by atoms with E-state index >= 15 is 0 Å². The molecule has 0 amide bonds. The van der Waals surface area contributed by atoms with Crippen molar-refractivity contribution in [3.8, 4) is 0 Å². The minimum Gasteiger partial charge on any atom is -0.384 e. The summed E-state index contributed by atoms with van der Waals surface area (Å²) in [5.74, 6) is 2.00. The molecule has 0 spiro atoms. The van der Waals surface area contributed by atoms with Crippen LogP contribution < -0.4 is 11.1 Å². The van der Waals surface area contributed by atoms with E-state index in [0.717, 1.165) is 23.6 Å². The Morgan fingerprint density at radius 2 is 2.00 bits per heavy atom. The lowest BCUT2D eigenvalue weighted by molar-refractivity contribution is 0.937. The van der Waals surface area contributed by atoms with Gasteiger partial charge in [0.2, 0.25) is 0 Å². The molecule has 0 unspecified atom stereocenters. The third kappa shape index (κ3) is 3.14. The monoisotopic (exact) mass is 229 g/mol. The van der Waals surface area contributed by atoms with Crippen molar-refractivity contribution in [2.24, 2.45) is 0 Å². The van der Waals surface area contributed by atoms with Gasteiger partial charge in [-0.3, -0.25) is 4.98 Å². The number of aryl methyl sites for hydroxylation is 1. The second-order valence-electron chi connectivity index (χ2n) is 3.66. The Balaban J connectivity index is 2.06. The van der Waals surface area contributed by atoms with Crippen LogP contribution in [0.15, 0.2) is 30.6 Å². The molecule has 0 saturated heterocycles. The van der Waals surface area contributed by atoms with Gasteiger partial charge in [-0.2, -0.15) is 0 Å². The molecule has 0 bridgehead atoms. The third-order valence-electron chi connectivity index (χ3n) is 2.33. The average Bonchev–Trinajstić information content (AvgIpc) is 2.37. The van der Waals surface area contributed by atoms with Gasteiger partial charge in [0.05, 0.1) is 0 Å². The average molecular weight is 229 g/mol. The summed E-state index contributed by atoms with van der Waals surface area (Å²) in [5, 5.41) is 3.22. The highest BCUT2D eigenvalue weighted by Crippen LogP contribution is 2.10. The lowest BCUT2D eigenvalue weighted by Gasteiger charge is -2.07. The van der Waals surface area contributed by atoms with Crippen molar-refractivity contribution in [3.63, 3.8) is 0 Å². The van der Waals surface area contributed by atoms with Gasteiger partial charge in [-0.05, 0) is 17.7 Å². The Labute approximate surface area is 100 Å². The molecule has 2 aromatic rings. The molecule has 5 nitrogen and oxygen atoms in total. The van der Waals surface area contributed by atoms with Gasteiger partial charge in [0.1, 0.15) is 17.5 Å². The molecule has 0 aliphatic rings. The van der Waals surface area contributed by atoms with Gasteiger partial charge in [0, 0.05) is 31.4 Å². The zero-order valence-electron chi connectivity index (χ0n) is 9.72. The lowest BCUT2D eigenvalue weighted by Crippen LogP contribution is -2.06. The van der Waals surface area contributed by atoms with Crippen molar-refractivity contribution in [1.82, 2.24) is 15.0 Å². The molecule has 3 N–H and O–H groups in total. The fourth-order valence-electron chi connectivity index (χ4n) is 1.46. The second-order valence-corrected chi connectivity index (χ2v) is 3.66. The summed E-state index contributed by atoms with van der Waals surface area (Å²) in [4.78, 5) is 12.4. The first kappa shape index (κ1) is 11.3. The first-order chi connectivity index (χ1) is 8.28. The predicted octanol–water partition coefficient (Wildman–Crippen LogP) is 1.63. The van der Waals surface area contributed by atoms with Gasteiger partial charge in [0.25, 0.3) is 0 Å². The summed E-state index contributed by atoms with van der Waals surface area (Å²) in [6, 6.07) is 5.65. The molecule has 5 heteroatoms. The maximum Gasteiger partial charge on any atom is 0.132 e. The van der Waals surface area contributed by atoms with Gasteiger partial charge in [-0.1, -0.05) is 6.92 Å². The normalized spacial score (nSPS) is 10.2. The molecule has 88 valence electrons. The zero-order chi connectivity index (χ0) is 12.1. The van der Waals surface area contributed by atoms with Gasteiger partial charge >= 0.3 is 0 Å². The quantitative estimate of drug-likeness (QED) is 0.833. The molecule has 0 radical (unpaired) electrons. The van der Waals surface area contributed by atoms with E-state index in [1.165, 1.54) is 0 Å². The molecular weight excluding hydrogens is 214 g/mol. The first-order valence-electron chi connectivity index (χ1n) is 5.54. The molecule has 2 heterocycles. The number of hydrogen-bond donors (Lipinski definition) is 2. The SMILES string of the molecule is CCc1nc(N)cc(NCc2ccncc2)n1. The minimum absolute atomic E-state index is 0.495. The van der Waals surface area contributed by atoms with Crippen molar-refractivity contribution in [2.75, 3.05) is 11.1 Å². The maximum atomic E-state index is 5.70. The molecule has 0 fully saturated rings. The van der Waals surface area contributed by atoms with E-state index in [-0.39, 0.29) is 0 Å². The van der Waals surface area contributed by atoms with E-state index in [4.69, 9.17) is 5.73 Å². The number of nitrogens with zero attached hydrogens (tertiary/aromatic N) is 3. The molecule has 2 aromatic heterocycles. The lowest BCUT2D eigenvalue weighted by atomic mass is 10.3. The van der Waals surface area contributed by atoms with Crippen molar-refractivity contribution < 1.29 is 0 Å². The number of nitrogens with two attached hydrogens (primary N) is 1. The topological polar surface area (TPSA) is 76.7 Å². The van der Waals surface area contributed by atoms with Crippen molar-refractivity contribution in [1.29, 1.82) is 0 Å². The van der Waals surface area contributed by atoms with Crippen LogP contribution >= 0.6 is 0 Å². The number of nitrogens with one attached hydrogen (secondary N) is 1. The second kappa shape index (κ2) is 5.25. The van der Waals surface area contributed by atoms with Crippen LogP contribution in [0, 0.1) is 0 Å². The Hall–Kier alpha value is -2.17. The van der Waals surface area contributed by atoms with Crippen LogP contribution in [-0.2, 0) is 13.0 Å². The largest absolute Gasteiger partial charge is 0.384 e. The van der Waals surface area contributed by atoms with Crippen LogP contribution in [0.4, 0.5) is 11.6 Å². The van der Waals surface area contributed by atoms with Gasteiger partial charge in [-0.25, -0.2) is 9.97 Å². The van der Waals surface area contributed by atoms with Gasteiger partial charge in [0.15, 0.2) is 0 Å². The van der Waals surface area contributed by atoms with Crippen LogP contribution in [0.5, 0.6) is 0 Å². The molecule has 0 aromatic carbocycles. The number of aromatic nitrogens is 3. The summed E-state index contributed by atoms with van der Waals surface area (Å²) < 4.78 is 0. The highest BCUT2D eigenvalue weighted by molar-refractivity contribution is 5.45. The number of pyridine rings is 1. The Bertz CT molecular complexity index is 484. The van der Waals surface area contributed by atoms with Crippen LogP contribution in [0.3, 0.4) is 0 Å². The minimum atomic E-state index is 0.495. The van der Waals surface area contributed by atoms with Gasteiger partial charge < -0.3 is 11.1 Å². The number of anilines is 2. The Morgan fingerprint density at radius 1 is 1.24 bits per heavy atom. The standard InChI is InChI=1S/C12H15N5/c1-2-11-16-10(13)7-12(17-11)15-8-9-3-5-14-6-4-9/h3-7H,2,8H2,1H3,(H3,13,15,16,17). The third-order valence-corrected chi connectivity index (χ3v) is 2.33.